The first-order valence-electron chi connectivity index (χ1n) is 5.53. The number of carboxylic acid groups (broad SMARTS) is 1. The molecular formula is C11H14ClNO2S. The first-order chi connectivity index (χ1) is 7.66. The van der Waals surface area contributed by atoms with Crippen LogP contribution >= 0.6 is 22.9 Å². The topological polar surface area (TPSA) is 50.2 Å². The predicted molar refractivity (Wildman–Crippen MR) is 64.3 cm³/mol. The summed E-state index contributed by atoms with van der Waals surface area (Å²) in [7, 11) is 0. The van der Waals surface area contributed by atoms with E-state index in [4.69, 9.17) is 16.7 Å². The summed E-state index contributed by atoms with van der Waals surface area (Å²) in [6.07, 6.45) is 5.48. The van der Waals surface area contributed by atoms with Crippen LogP contribution in [0.25, 0.3) is 0 Å². The Bertz CT molecular complexity index is 385. The Labute approximate surface area is 103 Å². The average molecular weight is 260 g/mol. The summed E-state index contributed by atoms with van der Waals surface area (Å²) in [5, 5.41) is 9.72. The van der Waals surface area contributed by atoms with E-state index in [9.17, 15) is 4.79 Å². The zero-order valence-electron chi connectivity index (χ0n) is 8.91. The molecule has 0 bridgehead atoms. The molecule has 0 aliphatic heterocycles. The van der Waals surface area contributed by atoms with Crippen LogP contribution in [0.5, 0.6) is 0 Å². The molecule has 1 aliphatic rings. The van der Waals surface area contributed by atoms with E-state index in [0.717, 1.165) is 10.7 Å². The number of carbonyl (C=O) groups is 1. The third kappa shape index (κ3) is 2.74. The molecule has 0 spiro atoms. The largest absolute Gasteiger partial charge is 0.481 e. The van der Waals surface area contributed by atoms with Crippen molar-refractivity contribution >= 4 is 28.9 Å². The number of carboxylic acids is 1. The molecule has 1 heterocycles. The summed E-state index contributed by atoms with van der Waals surface area (Å²) >= 11 is 7.59. The Balaban J connectivity index is 2.05. The Morgan fingerprint density at radius 3 is 2.81 bits per heavy atom. The van der Waals surface area contributed by atoms with Gasteiger partial charge in [-0.1, -0.05) is 24.4 Å². The number of aliphatic carboxylic acids is 1. The fraction of sp³-hybridized carbons (Fsp3) is 0.636. The first kappa shape index (κ1) is 11.9. The van der Waals surface area contributed by atoms with Crippen LogP contribution in [0.4, 0.5) is 0 Å². The minimum atomic E-state index is -0.800. The maximum absolute atomic E-state index is 10.5. The van der Waals surface area contributed by atoms with Gasteiger partial charge in [0.1, 0.15) is 4.34 Å². The zero-order chi connectivity index (χ0) is 11.5. The van der Waals surface area contributed by atoms with Gasteiger partial charge in [0.2, 0.25) is 0 Å². The number of hydrogen-bond donors (Lipinski definition) is 1. The maximum atomic E-state index is 10.5. The highest BCUT2D eigenvalue weighted by atomic mass is 35.5. The average Bonchev–Trinajstić information content (AvgIpc) is 2.83. The lowest BCUT2D eigenvalue weighted by Crippen LogP contribution is -1.99. The monoisotopic (exact) mass is 259 g/mol. The molecule has 1 aromatic rings. The molecule has 1 aliphatic carbocycles. The fourth-order valence-corrected chi connectivity index (χ4v) is 3.46. The Hall–Kier alpha value is -0.610. The van der Waals surface area contributed by atoms with Crippen LogP contribution in [0, 0.1) is 0 Å². The molecule has 0 unspecified atom stereocenters. The number of rotatable bonds is 4. The highest BCUT2D eigenvalue weighted by Crippen LogP contribution is 2.38. The van der Waals surface area contributed by atoms with Crippen molar-refractivity contribution in [1.82, 2.24) is 4.98 Å². The van der Waals surface area contributed by atoms with Crippen molar-refractivity contribution in [2.75, 3.05) is 0 Å². The summed E-state index contributed by atoms with van der Waals surface area (Å²) in [6, 6.07) is 0. The van der Waals surface area contributed by atoms with Crippen LogP contribution in [0.3, 0.4) is 0 Å². The molecule has 16 heavy (non-hydrogen) atoms. The van der Waals surface area contributed by atoms with E-state index in [-0.39, 0.29) is 6.42 Å². The molecule has 2 rings (SSSR count). The van der Waals surface area contributed by atoms with Crippen LogP contribution in [0.1, 0.15) is 48.7 Å². The van der Waals surface area contributed by atoms with Crippen LogP contribution in [0.15, 0.2) is 0 Å². The molecule has 0 radical (unpaired) electrons. The number of aromatic nitrogens is 1. The predicted octanol–water partition coefficient (Wildman–Crippen LogP) is 3.47. The summed E-state index contributed by atoms with van der Waals surface area (Å²) in [6.45, 7) is 0. The molecule has 0 saturated heterocycles. The van der Waals surface area contributed by atoms with E-state index >= 15 is 0 Å². The van der Waals surface area contributed by atoms with Crippen LogP contribution < -0.4 is 0 Å². The highest BCUT2D eigenvalue weighted by molar-refractivity contribution is 7.16. The van der Waals surface area contributed by atoms with Crippen LogP contribution in [-0.2, 0) is 11.2 Å². The van der Waals surface area contributed by atoms with Crippen molar-refractivity contribution in [3.63, 3.8) is 0 Å². The van der Waals surface area contributed by atoms with Crippen LogP contribution in [-0.4, -0.2) is 16.1 Å². The van der Waals surface area contributed by atoms with E-state index in [1.54, 1.807) is 0 Å². The molecule has 0 aromatic carbocycles. The highest BCUT2D eigenvalue weighted by Gasteiger charge is 2.22. The minimum Gasteiger partial charge on any atom is -0.481 e. The van der Waals surface area contributed by atoms with E-state index in [0.29, 0.717) is 16.7 Å². The maximum Gasteiger partial charge on any atom is 0.303 e. The second kappa shape index (κ2) is 5.15. The van der Waals surface area contributed by atoms with Crippen molar-refractivity contribution in [3.05, 3.63) is 15.0 Å². The van der Waals surface area contributed by atoms with Gasteiger partial charge in [-0.3, -0.25) is 4.79 Å². The molecule has 88 valence electrons. The Kier molecular flexibility index (Phi) is 3.82. The Morgan fingerprint density at radius 1 is 1.50 bits per heavy atom. The normalized spacial score (nSPS) is 16.8. The fourth-order valence-electron chi connectivity index (χ4n) is 2.08. The van der Waals surface area contributed by atoms with Gasteiger partial charge in [0.15, 0.2) is 0 Å². The van der Waals surface area contributed by atoms with Gasteiger partial charge in [0, 0.05) is 12.3 Å². The SMILES string of the molecule is O=C(O)CCc1nc(C2CCCC2)sc1Cl. The van der Waals surface area contributed by atoms with E-state index < -0.39 is 5.97 Å². The number of halogens is 1. The van der Waals surface area contributed by atoms with Gasteiger partial charge in [-0.2, -0.15) is 0 Å². The van der Waals surface area contributed by atoms with Crippen molar-refractivity contribution < 1.29 is 9.90 Å². The molecule has 1 aromatic heterocycles. The summed E-state index contributed by atoms with van der Waals surface area (Å²) < 4.78 is 0.670. The van der Waals surface area contributed by atoms with Crippen molar-refractivity contribution in [2.24, 2.45) is 0 Å². The molecule has 1 N–H and O–H groups in total. The number of aryl methyl sites for hydroxylation is 1. The minimum absolute atomic E-state index is 0.105. The standard InChI is InChI=1S/C11H14ClNO2S/c12-10-8(5-6-9(14)15)13-11(16-10)7-3-1-2-4-7/h7H,1-6H2,(H,14,15). The van der Waals surface area contributed by atoms with Gasteiger partial charge in [-0.15, -0.1) is 11.3 Å². The summed E-state index contributed by atoms with van der Waals surface area (Å²) in [5.41, 5.74) is 0.760. The molecule has 0 amide bonds. The molecule has 3 nitrogen and oxygen atoms in total. The van der Waals surface area contributed by atoms with E-state index in [1.165, 1.54) is 37.0 Å². The van der Waals surface area contributed by atoms with Gasteiger partial charge in [-0.25, -0.2) is 4.98 Å². The zero-order valence-corrected chi connectivity index (χ0v) is 10.5. The van der Waals surface area contributed by atoms with Gasteiger partial charge in [0.25, 0.3) is 0 Å². The number of hydrogen-bond acceptors (Lipinski definition) is 3. The molecule has 0 atom stereocenters. The summed E-state index contributed by atoms with van der Waals surface area (Å²) in [5.74, 6) is -0.243. The number of thiazole rings is 1. The van der Waals surface area contributed by atoms with Gasteiger partial charge in [0.05, 0.1) is 17.1 Å². The Morgan fingerprint density at radius 2 is 2.19 bits per heavy atom. The third-order valence-corrected chi connectivity index (χ3v) is 4.44. The third-order valence-electron chi connectivity index (χ3n) is 2.95. The van der Waals surface area contributed by atoms with Crippen molar-refractivity contribution in [3.8, 4) is 0 Å². The smallest absolute Gasteiger partial charge is 0.303 e. The van der Waals surface area contributed by atoms with Gasteiger partial charge in [-0.05, 0) is 12.8 Å². The first-order valence-corrected chi connectivity index (χ1v) is 6.73. The quantitative estimate of drug-likeness (QED) is 0.901. The second-order valence-corrected chi connectivity index (χ2v) is 5.78. The van der Waals surface area contributed by atoms with E-state index in [2.05, 4.69) is 4.98 Å². The van der Waals surface area contributed by atoms with Gasteiger partial charge >= 0.3 is 5.97 Å². The van der Waals surface area contributed by atoms with Crippen molar-refractivity contribution in [2.45, 2.75) is 44.4 Å². The van der Waals surface area contributed by atoms with E-state index in [1.807, 2.05) is 0 Å². The molecule has 5 heteroatoms. The summed E-state index contributed by atoms with van der Waals surface area (Å²) in [4.78, 5) is 15.0. The lowest BCUT2D eigenvalue weighted by molar-refractivity contribution is -0.136. The number of nitrogens with zero attached hydrogens (tertiary/aromatic N) is 1. The van der Waals surface area contributed by atoms with Crippen LogP contribution in [0.2, 0.25) is 4.34 Å². The lowest BCUT2D eigenvalue weighted by Gasteiger charge is -2.02. The second-order valence-electron chi connectivity index (χ2n) is 4.15. The molecule has 1 saturated carbocycles. The van der Waals surface area contributed by atoms with Crippen molar-refractivity contribution in [1.29, 1.82) is 0 Å². The van der Waals surface area contributed by atoms with Gasteiger partial charge < -0.3 is 5.11 Å². The molecular weight excluding hydrogens is 246 g/mol. The lowest BCUT2D eigenvalue weighted by atomic mass is 10.1. The molecule has 1 fully saturated rings.